The lowest BCUT2D eigenvalue weighted by Gasteiger charge is -2.04. The van der Waals surface area contributed by atoms with Crippen LogP contribution >= 0.6 is 11.6 Å². The van der Waals surface area contributed by atoms with Gasteiger partial charge in [-0.05, 0) is 12.1 Å². The SMILES string of the molecule is COc1cc(-c2cc(N)n(C)n2)ccc1Cl. The Morgan fingerprint density at radius 3 is 2.69 bits per heavy atom. The van der Waals surface area contributed by atoms with Crippen LogP contribution < -0.4 is 10.5 Å². The lowest BCUT2D eigenvalue weighted by Crippen LogP contribution is -1.96. The van der Waals surface area contributed by atoms with Crippen LogP contribution in [0.1, 0.15) is 0 Å². The molecule has 4 nitrogen and oxygen atoms in total. The highest BCUT2D eigenvalue weighted by Crippen LogP contribution is 2.30. The molecule has 1 heterocycles. The van der Waals surface area contributed by atoms with Crippen molar-refractivity contribution in [3.63, 3.8) is 0 Å². The van der Waals surface area contributed by atoms with Gasteiger partial charge in [0.15, 0.2) is 0 Å². The van der Waals surface area contributed by atoms with Crippen molar-refractivity contribution in [2.75, 3.05) is 12.8 Å². The number of anilines is 1. The molecular formula is C11H12ClN3O. The highest BCUT2D eigenvalue weighted by molar-refractivity contribution is 6.32. The second kappa shape index (κ2) is 4.06. The Labute approximate surface area is 98.6 Å². The van der Waals surface area contributed by atoms with Crippen LogP contribution in [0.4, 0.5) is 5.82 Å². The minimum atomic E-state index is 0.579. The summed E-state index contributed by atoms with van der Waals surface area (Å²) in [6.07, 6.45) is 0. The Hall–Kier alpha value is -1.68. The number of benzene rings is 1. The number of hydrogen-bond acceptors (Lipinski definition) is 3. The Morgan fingerprint density at radius 1 is 1.38 bits per heavy atom. The maximum absolute atomic E-state index is 5.94. The number of nitrogens with zero attached hydrogens (tertiary/aromatic N) is 2. The number of nitrogen functional groups attached to an aromatic ring is 1. The van der Waals surface area contributed by atoms with E-state index >= 15 is 0 Å². The summed E-state index contributed by atoms with van der Waals surface area (Å²) < 4.78 is 6.77. The first-order valence-electron chi connectivity index (χ1n) is 4.75. The first kappa shape index (κ1) is 10.8. The number of halogens is 1. The molecule has 0 saturated heterocycles. The summed E-state index contributed by atoms with van der Waals surface area (Å²) in [4.78, 5) is 0. The predicted molar refractivity (Wildman–Crippen MR) is 64.6 cm³/mol. The lowest BCUT2D eigenvalue weighted by atomic mass is 10.1. The van der Waals surface area contributed by atoms with Gasteiger partial charge in [-0.25, -0.2) is 0 Å². The molecule has 2 rings (SSSR count). The smallest absolute Gasteiger partial charge is 0.138 e. The molecule has 2 N–H and O–H groups in total. The van der Waals surface area contributed by atoms with Gasteiger partial charge in [0.05, 0.1) is 17.8 Å². The zero-order chi connectivity index (χ0) is 11.7. The molecule has 0 unspecified atom stereocenters. The summed E-state index contributed by atoms with van der Waals surface area (Å²) >= 11 is 5.94. The van der Waals surface area contributed by atoms with Crippen LogP contribution in [0.5, 0.6) is 5.75 Å². The normalized spacial score (nSPS) is 10.4. The minimum Gasteiger partial charge on any atom is -0.495 e. The van der Waals surface area contributed by atoms with Gasteiger partial charge < -0.3 is 10.5 Å². The van der Waals surface area contributed by atoms with Gasteiger partial charge in [-0.2, -0.15) is 5.10 Å². The van der Waals surface area contributed by atoms with Gasteiger partial charge in [0.1, 0.15) is 11.6 Å². The van der Waals surface area contributed by atoms with Crippen LogP contribution in [-0.2, 0) is 7.05 Å². The highest BCUT2D eigenvalue weighted by Gasteiger charge is 2.07. The van der Waals surface area contributed by atoms with Gasteiger partial charge in [0, 0.05) is 18.7 Å². The molecule has 1 aromatic heterocycles. The number of aromatic nitrogens is 2. The summed E-state index contributed by atoms with van der Waals surface area (Å²) in [5.74, 6) is 1.24. The van der Waals surface area contributed by atoms with Crippen molar-refractivity contribution < 1.29 is 4.74 Å². The fraction of sp³-hybridized carbons (Fsp3) is 0.182. The monoisotopic (exact) mass is 237 g/mol. The molecule has 0 fully saturated rings. The third-order valence-electron chi connectivity index (χ3n) is 2.36. The van der Waals surface area contributed by atoms with E-state index in [4.69, 9.17) is 22.1 Å². The van der Waals surface area contributed by atoms with Crippen molar-refractivity contribution in [1.29, 1.82) is 0 Å². The summed E-state index contributed by atoms with van der Waals surface area (Å²) in [6, 6.07) is 7.31. The summed E-state index contributed by atoms with van der Waals surface area (Å²) in [5, 5.41) is 4.86. The summed E-state index contributed by atoms with van der Waals surface area (Å²) in [7, 11) is 3.38. The summed E-state index contributed by atoms with van der Waals surface area (Å²) in [6.45, 7) is 0. The standard InChI is InChI=1S/C11H12ClN3O/c1-15-11(13)6-9(14-15)7-3-4-8(12)10(5-7)16-2/h3-6H,13H2,1-2H3. The van der Waals surface area contributed by atoms with E-state index in [2.05, 4.69) is 5.10 Å². The molecule has 0 atom stereocenters. The molecule has 0 aliphatic rings. The molecule has 0 aliphatic heterocycles. The molecule has 16 heavy (non-hydrogen) atoms. The first-order chi connectivity index (χ1) is 7.61. The van der Waals surface area contributed by atoms with Crippen LogP contribution in [0.2, 0.25) is 5.02 Å². The number of nitrogens with two attached hydrogens (primary N) is 1. The average molecular weight is 238 g/mol. The quantitative estimate of drug-likeness (QED) is 0.872. The van der Waals surface area contributed by atoms with Crippen LogP contribution in [0.15, 0.2) is 24.3 Å². The third-order valence-corrected chi connectivity index (χ3v) is 2.68. The third kappa shape index (κ3) is 1.84. The van der Waals surface area contributed by atoms with Gasteiger partial charge in [-0.15, -0.1) is 0 Å². The van der Waals surface area contributed by atoms with Crippen LogP contribution in [-0.4, -0.2) is 16.9 Å². The number of rotatable bonds is 2. The fourth-order valence-corrected chi connectivity index (χ4v) is 1.64. The zero-order valence-corrected chi connectivity index (χ0v) is 9.82. The van der Waals surface area contributed by atoms with Crippen molar-refractivity contribution >= 4 is 17.4 Å². The van der Waals surface area contributed by atoms with Gasteiger partial charge in [0.2, 0.25) is 0 Å². The van der Waals surface area contributed by atoms with E-state index in [9.17, 15) is 0 Å². The van der Waals surface area contributed by atoms with Crippen molar-refractivity contribution in [2.24, 2.45) is 7.05 Å². The Balaban J connectivity index is 2.48. The van der Waals surface area contributed by atoms with E-state index in [1.807, 2.05) is 18.2 Å². The highest BCUT2D eigenvalue weighted by atomic mass is 35.5. The maximum Gasteiger partial charge on any atom is 0.138 e. The van der Waals surface area contributed by atoms with Crippen molar-refractivity contribution in [3.05, 3.63) is 29.3 Å². The molecule has 5 heteroatoms. The molecule has 84 valence electrons. The number of ether oxygens (including phenoxy) is 1. The number of methoxy groups -OCH3 is 1. The minimum absolute atomic E-state index is 0.579. The van der Waals surface area contributed by atoms with E-state index in [0.29, 0.717) is 16.6 Å². The van der Waals surface area contributed by atoms with Gasteiger partial charge in [-0.1, -0.05) is 17.7 Å². The van der Waals surface area contributed by atoms with E-state index in [0.717, 1.165) is 11.3 Å². The summed E-state index contributed by atoms with van der Waals surface area (Å²) in [5.41, 5.74) is 7.45. The van der Waals surface area contributed by atoms with Crippen LogP contribution in [0.25, 0.3) is 11.3 Å². The first-order valence-corrected chi connectivity index (χ1v) is 5.13. The number of aryl methyl sites for hydroxylation is 1. The van der Waals surface area contributed by atoms with Gasteiger partial charge >= 0.3 is 0 Å². The maximum atomic E-state index is 5.94. The molecule has 0 spiro atoms. The van der Waals surface area contributed by atoms with Gasteiger partial charge in [0.25, 0.3) is 0 Å². The molecule has 1 aromatic carbocycles. The predicted octanol–water partition coefficient (Wildman–Crippen LogP) is 2.33. The van der Waals surface area contributed by atoms with Crippen molar-refractivity contribution in [2.45, 2.75) is 0 Å². The van der Waals surface area contributed by atoms with Gasteiger partial charge in [-0.3, -0.25) is 4.68 Å². The van der Waals surface area contributed by atoms with Crippen LogP contribution in [0, 0.1) is 0 Å². The van der Waals surface area contributed by atoms with Crippen LogP contribution in [0.3, 0.4) is 0 Å². The zero-order valence-electron chi connectivity index (χ0n) is 9.07. The fourth-order valence-electron chi connectivity index (χ4n) is 1.44. The van der Waals surface area contributed by atoms with Crippen molar-refractivity contribution in [3.8, 4) is 17.0 Å². The topological polar surface area (TPSA) is 53.1 Å². The lowest BCUT2D eigenvalue weighted by molar-refractivity contribution is 0.415. The molecule has 0 amide bonds. The van der Waals surface area contributed by atoms with Crippen molar-refractivity contribution in [1.82, 2.24) is 9.78 Å². The van der Waals surface area contributed by atoms with E-state index in [-0.39, 0.29) is 0 Å². The molecule has 0 saturated carbocycles. The number of hydrogen-bond donors (Lipinski definition) is 1. The van der Waals surface area contributed by atoms with E-state index in [1.165, 1.54) is 0 Å². The van der Waals surface area contributed by atoms with E-state index < -0.39 is 0 Å². The Kier molecular flexibility index (Phi) is 2.75. The Bertz CT molecular complexity index is 502. The average Bonchev–Trinajstić information content (AvgIpc) is 2.60. The molecule has 0 radical (unpaired) electrons. The molecular weight excluding hydrogens is 226 g/mol. The second-order valence-electron chi connectivity index (χ2n) is 3.43. The largest absolute Gasteiger partial charge is 0.495 e. The van der Waals surface area contributed by atoms with E-state index in [1.54, 1.807) is 24.9 Å². The molecule has 0 aliphatic carbocycles. The molecule has 2 aromatic rings. The Morgan fingerprint density at radius 2 is 2.12 bits per heavy atom. The molecule has 0 bridgehead atoms. The second-order valence-corrected chi connectivity index (χ2v) is 3.83.